The zero-order chi connectivity index (χ0) is 16.1. The van der Waals surface area contributed by atoms with Crippen molar-refractivity contribution in [3.8, 4) is 0 Å². The highest BCUT2D eigenvalue weighted by Gasteiger charge is 2.48. The molecule has 6 heteroatoms. The third-order valence-electron chi connectivity index (χ3n) is 3.41. The predicted octanol–water partition coefficient (Wildman–Crippen LogP) is 1.28. The van der Waals surface area contributed by atoms with Crippen molar-refractivity contribution in [3.63, 3.8) is 0 Å². The maximum Gasteiger partial charge on any atom is 0.340 e. The molecule has 0 spiro atoms. The molecule has 1 saturated heterocycles. The second-order valence-corrected chi connectivity index (χ2v) is 4.93. The molecule has 0 radical (unpaired) electrons. The van der Waals surface area contributed by atoms with Crippen molar-refractivity contribution in [2.24, 2.45) is 11.8 Å². The maximum absolute atomic E-state index is 12.0. The molecule has 1 aliphatic heterocycles. The van der Waals surface area contributed by atoms with Gasteiger partial charge < -0.3 is 14.8 Å². The van der Waals surface area contributed by atoms with Crippen LogP contribution < -0.4 is 5.32 Å². The molecule has 0 saturated carbocycles. The first-order valence-electron chi connectivity index (χ1n) is 6.88. The van der Waals surface area contributed by atoms with E-state index in [1.54, 1.807) is 37.3 Å². The number of esters is 2. The normalized spacial score (nSPS) is 21.0. The number of ether oxygens (including phenoxy) is 2. The van der Waals surface area contributed by atoms with Crippen LogP contribution in [-0.4, -0.2) is 30.7 Å². The Morgan fingerprint density at radius 3 is 2.64 bits per heavy atom. The van der Waals surface area contributed by atoms with Crippen molar-refractivity contribution >= 4 is 17.8 Å². The fourth-order valence-electron chi connectivity index (χ4n) is 2.14. The van der Waals surface area contributed by atoms with Crippen molar-refractivity contribution in [2.75, 3.05) is 6.61 Å². The summed E-state index contributed by atoms with van der Waals surface area (Å²) in [6.45, 7) is 5.09. The van der Waals surface area contributed by atoms with Crippen LogP contribution in [0.15, 0.2) is 43.0 Å². The second-order valence-electron chi connectivity index (χ2n) is 4.93. The summed E-state index contributed by atoms with van der Waals surface area (Å²) in [6, 6.07) is 8.42. The second kappa shape index (κ2) is 6.89. The van der Waals surface area contributed by atoms with Gasteiger partial charge in [0, 0.05) is 0 Å². The third kappa shape index (κ3) is 3.33. The molecular weight excluding hydrogens is 286 g/mol. The average Bonchev–Trinajstić information content (AvgIpc) is 2.52. The highest BCUT2D eigenvalue weighted by atomic mass is 16.6. The molecule has 22 heavy (non-hydrogen) atoms. The van der Waals surface area contributed by atoms with Crippen LogP contribution >= 0.6 is 0 Å². The van der Waals surface area contributed by atoms with E-state index in [-0.39, 0.29) is 12.5 Å². The zero-order valence-corrected chi connectivity index (χ0v) is 12.2. The monoisotopic (exact) mass is 303 g/mol. The molecule has 1 N–H and O–H groups in total. The van der Waals surface area contributed by atoms with Crippen LogP contribution in [-0.2, 0) is 19.1 Å². The van der Waals surface area contributed by atoms with E-state index >= 15 is 0 Å². The number of β-lactam (4-membered cyclic amide) rings is 1. The molecule has 0 aliphatic carbocycles. The summed E-state index contributed by atoms with van der Waals surface area (Å²) in [5.74, 6) is -2.87. The van der Waals surface area contributed by atoms with Crippen molar-refractivity contribution in [3.05, 3.63) is 48.6 Å². The quantitative estimate of drug-likeness (QED) is 0.486. The number of nitrogens with one attached hydrogen (secondary N) is 1. The molecule has 3 atom stereocenters. The number of hydrogen-bond donors (Lipinski definition) is 1. The smallest absolute Gasteiger partial charge is 0.340 e. The lowest BCUT2D eigenvalue weighted by Gasteiger charge is -2.38. The molecule has 2 rings (SSSR count). The Kier molecular flexibility index (Phi) is 4.93. The first kappa shape index (κ1) is 15.8. The van der Waals surface area contributed by atoms with Gasteiger partial charge >= 0.3 is 11.9 Å². The van der Waals surface area contributed by atoms with Crippen LogP contribution in [0.4, 0.5) is 0 Å². The Balaban J connectivity index is 1.97. The molecule has 1 fully saturated rings. The van der Waals surface area contributed by atoms with E-state index in [9.17, 15) is 14.4 Å². The Morgan fingerprint density at radius 2 is 2.05 bits per heavy atom. The lowest BCUT2D eigenvalue weighted by atomic mass is 9.86. The van der Waals surface area contributed by atoms with Gasteiger partial charge in [0.2, 0.25) is 5.91 Å². The van der Waals surface area contributed by atoms with E-state index in [0.717, 1.165) is 0 Å². The van der Waals surface area contributed by atoms with Crippen molar-refractivity contribution in [1.29, 1.82) is 0 Å². The van der Waals surface area contributed by atoms with Gasteiger partial charge in [-0.15, -0.1) is 0 Å². The molecule has 0 bridgehead atoms. The van der Waals surface area contributed by atoms with Gasteiger partial charge in [0.1, 0.15) is 12.5 Å². The van der Waals surface area contributed by atoms with Crippen LogP contribution in [0.5, 0.6) is 0 Å². The minimum absolute atomic E-state index is 0.0754. The first-order chi connectivity index (χ1) is 10.5. The van der Waals surface area contributed by atoms with E-state index in [1.165, 1.54) is 6.08 Å². The van der Waals surface area contributed by atoms with Crippen LogP contribution in [0.2, 0.25) is 0 Å². The van der Waals surface area contributed by atoms with Gasteiger partial charge in [0.05, 0.1) is 11.5 Å². The van der Waals surface area contributed by atoms with Gasteiger partial charge in [0.15, 0.2) is 6.23 Å². The van der Waals surface area contributed by atoms with Crippen molar-refractivity contribution in [1.82, 2.24) is 5.32 Å². The molecule has 1 heterocycles. The summed E-state index contributed by atoms with van der Waals surface area (Å²) in [5.41, 5.74) is 0.379. The van der Waals surface area contributed by atoms with Gasteiger partial charge in [-0.1, -0.05) is 37.8 Å². The summed E-state index contributed by atoms with van der Waals surface area (Å²) in [6.07, 6.45) is 0.616. The molecule has 1 aromatic rings. The number of hydrogen-bond acceptors (Lipinski definition) is 5. The Labute approximate surface area is 128 Å². The van der Waals surface area contributed by atoms with Crippen LogP contribution in [0, 0.1) is 11.8 Å². The lowest BCUT2D eigenvalue weighted by molar-refractivity contribution is -0.165. The van der Waals surface area contributed by atoms with Crippen molar-refractivity contribution < 1.29 is 23.9 Å². The lowest BCUT2D eigenvalue weighted by Crippen LogP contribution is -2.63. The Hall–Kier alpha value is -2.63. The predicted molar refractivity (Wildman–Crippen MR) is 77.6 cm³/mol. The minimum atomic E-state index is -0.827. The fourth-order valence-corrected chi connectivity index (χ4v) is 2.14. The van der Waals surface area contributed by atoms with Crippen LogP contribution in [0.25, 0.3) is 0 Å². The summed E-state index contributed by atoms with van der Waals surface area (Å²) in [7, 11) is 0. The third-order valence-corrected chi connectivity index (χ3v) is 3.41. The molecular formula is C16H17NO5. The van der Waals surface area contributed by atoms with Gasteiger partial charge in [-0.25, -0.2) is 4.79 Å². The minimum Gasteiger partial charge on any atom is -0.461 e. The summed E-state index contributed by atoms with van der Waals surface area (Å²) >= 11 is 0. The van der Waals surface area contributed by atoms with Gasteiger partial charge in [-0.05, 0) is 12.1 Å². The Morgan fingerprint density at radius 1 is 1.36 bits per heavy atom. The molecule has 0 aromatic heterocycles. The van der Waals surface area contributed by atoms with Crippen molar-refractivity contribution in [2.45, 2.75) is 13.2 Å². The summed E-state index contributed by atoms with van der Waals surface area (Å²) < 4.78 is 10.2. The molecule has 1 aromatic carbocycles. The highest BCUT2D eigenvalue weighted by molar-refractivity contribution is 5.93. The molecule has 116 valence electrons. The molecule has 0 unspecified atom stereocenters. The van der Waals surface area contributed by atoms with Gasteiger partial charge in [-0.3, -0.25) is 9.59 Å². The first-order valence-corrected chi connectivity index (χ1v) is 6.88. The number of carbonyl (C=O) groups excluding carboxylic acids is 3. The van der Waals surface area contributed by atoms with E-state index in [1.807, 2.05) is 0 Å². The SMILES string of the molecule is C=CCOC(=O)[C@H](C)[C@H]1C(=O)N[C@@H]1OC(=O)c1ccccc1. The number of benzene rings is 1. The van der Waals surface area contributed by atoms with Crippen LogP contribution in [0.1, 0.15) is 17.3 Å². The standard InChI is InChI=1S/C16H17NO5/c1-3-9-21-15(19)10(2)12-13(18)17-14(12)22-16(20)11-7-5-4-6-8-11/h3-8,10,12,14H,1,9H2,2H3,(H,17,18)/t10-,12+,14-/m1/s1. The van der Waals surface area contributed by atoms with Gasteiger partial charge in [0.25, 0.3) is 0 Å². The molecule has 6 nitrogen and oxygen atoms in total. The fraction of sp³-hybridized carbons (Fsp3) is 0.312. The molecule has 1 amide bonds. The number of amides is 1. The topological polar surface area (TPSA) is 81.7 Å². The van der Waals surface area contributed by atoms with E-state index in [4.69, 9.17) is 9.47 Å². The van der Waals surface area contributed by atoms with Crippen LogP contribution in [0.3, 0.4) is 0 Å². The maximum atomic E-state index is 12.0. The zero-order valence-electron chi connectivity index (χ0n) is 12.2. The molecule has 1 aliphatic rings. The Bertz CT molecular complexity index is 583. The highest BCUT2D eigenvalue weighted by Crippen LogP contribution is 2.26. The number of rotatable bonds is 6. The average molecular weight is 303 g/mol. The van der Waals surface area contributed by atoms with E-state index < -0.39 is 30.0 Å². The van der Waals surface area contributed by atoms with E-state index in [0.29, 0.717) is 5.56 Å². The van der Waals surface area contributed by atoms with Gasteiger partial charge in [-0.2, -0.15) is 0 Å². The van der Waals surface area contributed by atoms with E-state index in [2.05, 4.69) is 11.9 Å². The summed E-state index contributed by atoms with van der Waals surface area (Å²) in [4.78, 5) is 35.4. The number of carbonyl (C=O) groups is 3. The largest absolute Gasteiger partial charge is 0.461 e. The summed E-state index contributed by atoms with van der Waals surface area (Å²) in [5, 5.41) is 2.48.